The summed E-state index contributed by atoms with van der Waals surface area (Å²) in [5.41, 5.74) is -0.687. The minimum atomic E-state index is -1.94. The molecule has 2 fully saturated rings. The van der Waals surface area contributed by atoms with Crippen molar-refractivity contribution < 1.29 is 110 Å². The molecule has 0 radical (unpaired) electrons. The van der Waals surface area contributed by atoms with Crippen LogP contribution in [0.3, 0.4) is 0 Å². The predicted octanol–water partition coefficient (Wildman–Crippen LogP) is 2.04. The molecular weight excluding hydrogens is 884 g/mol. The molecule has 4 rings (SSSR count). The summed E-state index contributed by atoms with van der Waals surface area (Å²) in [6, 6.07) is 0.981. The molecule has 0 saturated carbocycles. The number of ketones is 2. The van der Waals surface area contributed by atoms with Crippen molar-refractivity contribution in [2.45, 2.75) is 136 Å². The maximum absolute atomic E-state index is 13.4. The number of hydrogen-bond acceptors (Lipinski definition) is 23. The van der Waals surface area contributed by atoms with Crippen LogP contribution >= 0.6 is 0 Å². The Hall–Kier alpha value is -6.43. The van der Waals surface area contributed by atoms with Crippen LogP contribution in [0.4, 0.5) is 0 Å². The van der Waals surface area contributed by atoms with Crippen molar-refractivity contribution in [3.05, 3.63) is 46.2 Å². The number of carbonyl (C=O) groups excluding carboxylic acids is 9. The maximum Gasteiger partial charge on any atom is 0.303 e. The normalized spacial score (nSPS) is 26.2. The lowest BCUT2D eigenvalue weighted by Crippen LogP contribution is -2.67. The average molecular weight is 937 g/mol. The molecule has 2 saturated heterocycles. The second-order valence-electron chi connectivity index (χ2n) is 15.3. The number of Topliss-reactive ketones (excluding diaryl/α,β-unsaturated/α-hetero) is 1. The van der Waals surface area contributed by atoms with Crippen molar-refractivity contribution in [1.82, 2.24) is 0 Å². The SMILES string of the molecule is COC1=CC(=O)c2c(O)cc(C(CC=C(C)C)O[C@@H]3O[C@H](COC(C)=O)[C@@H](O[C@H]4O[C@H](COC(C)=O)[C@@H](OC(C)=O)[C@H](OC(C)=O)[C@H]4OC(C)=O)[C@H](OC(C)=O)[C@H]3OC(C)=O)c(O)c2C1=O. The van der Waals surface area contributed by atoms with Crippen LogP contribution in [0.15, 0.2) is 29.6 Å². The first-order chi connectivity index (χ1) is 30.9. The lowest BCUT2D eigenvalue weighted by atomic mass is 9.88. The van der Waals surface area contributed by atoms with Gasteiger partial charge in [-0.2, -0.15) is 0 Å². The van der Waals surface area contributed by atoms with Crippen LogP contribution < -0.4 is 0 Å². The topological polar surface area (TPSA) is 305 Å². The first-order valence-corrected chi connectivity index (χ1v) is 20.2. The Labute approximate surface area is 377 Å². The van der Waals surface area contributed by atoms with Gasteiger partial charge >= 0.3 is 41.8 Å². The van der Waals surface area contributed by atoms with E-state index in [4.69, 9.17) is 56.8 Å². The minimum absolute atomic E-state index is 0.159. The van der Waals surface area contributed by atoms with E-state index in [9.17, 15) is 53.4 Å². The summed E-state index contributed by atoms with van der Waals surface area (Å²) in [5.74, 6) is -10.3. The maximum atomic E-state index is 13.4. The third-order valence-electron chi connectivity index (χ3n) is 9.76. The lowest BCUT2D eigenvalue weighted by Gasteiger charge is -2.49. The average Bonchev–Trinajstić information content (AvgIpc) is 3.20. The monoisotopic (exact) mass is 936 g/mol. The molecule has 2 heterocycles. The van der Waals surface area contributed by atoms with Gasteiger partial charge in [0.1, 0.15) is 43.0 Å². The number of allylic oxidation sites excluding steroid dienone is 3. The van der Waals surface area contributed by atoms with Gasteiger partial charge in [0.05, 0.1) is 24.3 Å². The second-order valence-corrected chi connectivity index (χ2v) is 15.3. The standard InChI is InChI=1S/C43H52O23/c1-17(2)11-12-28(25-13-26(51)32-27(52)14-29(55-10)35(54)33(32)34(25)53)63-42-40(61-23(8)49)39(60-22(7)48)37(31(64-42)16-57-19(4)45)66-43-41(62-24(9)50)38(59-21(6)47)36(58-20(5)46)30(65-43)15-56-18(3)44/h11,13-14,28,30-31,36-43,51,53H,12,15-16H2,1-10H3/t28?,30-,31-,36-,37-,38+,39+,40-,41-,42-,43-/m1/s1. The zero-order chi connectivity index (χ0) is 49.3. The van der Waals surface area contributed by atoms with Crippen LogP contribution in [0.2, 0.25) is 0 Å². The van der Waals surface area contributed by atoms with Gasteiger partial charge in [-0.1, -0.05) is 11.6 Å². The van der Waals surface area contributed by atoms with Crippen molar-refractivity contribution in [2.24, 2.45) is 0 Å². The van der Waals surface area contributed by atoms with Crippen LogP contribution in [0.1, 0.15) is 101 Å². The van der Waals surface area contributed by atoms with Gasteiger partial charge in [0.2, 0.25) is 5.78 Å². The van der Waals surface area contributed by atoms with Crippen LogP contribution in [0.5, 0.6) is 11.5 Å². The number of fused-ring (bicyclic) bond motifs is 1. The van der Waals surface area contributed by atoms with E-state index in [1.807, 2.05) is 0 Å². The molecule has 23 heteroatoms. The van der Waals surface area contributed by atoms with Crippen molar-refractivity contribution in [1.29, 1.82) is 0 Å². The molecule has 2 N–H and O–H groups in total. The summed E-state index contributed by atoms with van der Waals surface area (Å²) in [6.07, 6.45) is -16.8. The van der Waals surface area contributed by atoms with Crippen molar-refractivity contribution in [3.8, 4) is 11.5 Å². The van der Waals surface area contributed by atoms with E-state index in [1.165, 1.54) is 0 Å². The highest BCUT2D eigenvalue weighted by Gasteiger charge is 2.58. The molecule has 0 amide bonds. The Morgan fingerprint density at radius 1 is 0.621 bits per heavy atom. The number of rotatable bonds is 17. The van der Waals surface area contributed by atoms with Crippen LogP contribution in [-0.4, -0.2) is 145 Å². The van der Waals surface area contributed by atoms with Crippen molar-refractivity contribution in [3.63, 3.8) is 0 Å². The predicted molar refractivity (Wildman–Crippen MR) is 215 cm³/mol. The number of phenolic OH excluding ortho intramolecular Hbond substituents is 2. The summed E-state index contributed by atoms with van der Waals surface area (Å²) in [6.45, 7) is 9.12. The first-order valence-electron chi connectivity index (χ1n) is 20.2. The number of hydrogen-bond donors (Lipinski definition) is 2. The van der Waals surface area contributed by atoms with Gasteiger partial charge in [-0.3, -0.25) is 43.2 Å². The van der Waals surface area contributed by atoms with Crippen LogP contribution in [0.25, 0.3) is 0 Å². The summed E-state index contributed by atoms with van der Waals surface area (Å²) in [5, 5.41) is 22.8. The molecule has 11 atom stereocenters. The molecule has 1 aliphatic carbocycles. The van der Waals surface area contributed by atoms with E-state index in [0.29, 0.717) is 5.57 Å². The first kappa shape index (κ1) is 52.2. The highest BCUT2D eigenvalue weighted by Crippen LogP contribution is 2.44. The Kier molecular flexibility index (Phi) is 17.9. The number of aromatic hydroxyl groups is 2. The van der Waals surface area contributed by atoms with E-state index in [-0.39, 0.29) is 12.0 Å². The largest absolute Gasteiger partial charge is 0.507 e. The number of esters is 7. The molecule has 1 unspecified atom stereocenters. The molecule has 0 aromatic heterocycles. The van der Waals surface area contributed by atoms with E-state index >= 15 is 0 Å². The summed E-state index contributed by atoms with van der Waals surface area (Å²) < 4.78 is 68.6. The quantitative estimate of drug-likeness (QED) is 0.0977. The molecule has 23 nitrogen and oxygen atoms in total. The summed E-state index contributed by atoms with van der Waals surface area (Å²) >= 11 is 0. The van der Waals surface area contributed by atoms with Gasteiger partial charge in [0.25, 0.3) is 0 Å². The second kappa shape index (κ2) is 22.7. The zero-order valence-corrected chi connectivity index (χ0v) is 37.7. The van der Waals surface area contributed by atoms with E-state index in [0.717, 1.165) is 67.7 Å². The van der Waals surface area contributed by atoms with E-state index in [2.05, 4.69) is 0 Å². The van der Waals surface area contributed by atoms with Gasteiger partial charge in [-0.25, -0.2) is 0 Å². The third-order valence-corrected chi connectivity index (χ3v) is 9.76. The van der Waals surface area contributed by atoms with Gasteiger partial charge in [0, 0.05) is 60.1 Å². The van der Waals surface area contributed by atoms with Crippen LogP contribution in [-0.2, 0) is 90.4 Å². The Morgan fingerprint density at radius 2 is 1.08 bits per heavy atom. The number of methoxy groups -OCH3 is 1. The fourth-order valence-electron chi connectivity index (χ4n) is 7.27. The fraction of sp³-hybridized carbons (Fsp3) is 0.558. The van der Waals surface area contributed by atoms with E-state index in [1.54, 1.807) is 19.9 Å². The number of benzene rings is 1. The molecule has 3 aliphatic rings. The van der Waals surface area contributed by atoms with Gasteiger partial charge in [-0.05, 0) is 26.3 Å². The summed E-state index contributed by atoms with van der Waals surface area (Å²) in [7, 11) is 1.12. The molecular formula is C43H52O23. The third kappa shape index (κ3) is 13.1. The number of carbonyl (C=O) groups is 9. The van der Waals surface area contributed by atoms with Gasteiger partial charge in [0.15, 0.2) is 54.6 Å². The van der Waals surface area contributed by atoms with Crippen molar-refractivity contribution in [2.75, 3.05) is 20.3 Å². The molecule has 0 spiro atoms. The Bertz CT molecular complexity index is 2140. The fourth-order valence-corrected chi connectivity index (χ4v) is 7.27. The number of ether oxygens (including phenoxy) is 12. The van der Waals surface area contributed by atoms with E-state index < -0.39 is 162 Å². The smallest absolute Gasteiger partial charge is 0.303 e. The highest BCUT2D eigenvalue weighted by molar-refractivity contribution is 6.26. The Balaban J connectivity index is 1.92. The molecule has 0 bridgehead atoms. The molecule has 66 heavy (non-hydrogen) atoms. The molecule has 362 valence electrons. The van der Waals surface area contributed by atoms with Gasteiger partial charge in [-0.15, -0.1) is 0 Å². The number of phenols is 2. The Morgan fingerprint density at radius 3 is 1.56 bits per heavy atom. The molecule has 2 aliphatic heterocycles. The van der Waals surface area contributed by atoms with Crippen molar-refractivity contribution >= 4 is 53.4 Å². The minimum Gasteiger partial charge on any atom is -0.507 e. The van der Waals surface area contributed by atoms with Gasteiger partial charge < -0.3 is 67.1 Å². The highest BCUT2D eigenvalue weighted by atomic mass is 16.8. The lowest BCUT2D eigenvalue weighted by molar-refractivity contribution is -0.364. The molecule has 1 aromatic carbocycles. The van der Waals surface area contributed by atoms with Crippen LogP contribution in [0, 0.1) is 0 Å². The summed E-state index contributed by atoms with van der Waals surface area (Å²) in [4.78, 5) is 114. The molecule has 1 aromatic rings. The zero-order valence-electron chi connectivity index (χ0n) is 37.7.